The smallest absolute Gasteiger partial charge is 0.189 e. The number of nitrogens with one attached hydrogen (secondary N) is 2. The van der Waals surface area contributed by atoms with Crippen LogP contribution in [0.3, 0.4) is 0 Å². The molecule has 1 fully saturated rings. The summed E-state index contributed by atoms with van der Waals surface area (Å²) in [5, 5.41) is 0. The molecule has 15 heavy (non-hydrogen) atoms. The summed E-state index contributed by atoms with van der Waals surface area (Å²) in [6.07, 6.45) is 2.42. The molecule has 3 nitrogen and oxygen atoms in total. The summed E-state index contributed by atoms with van der Waals surface area (Å²) in [6.45, 7) is 6.41. The van der Waals surface area contributed by atoms with Gasteiger partial charge in [-0.15, -0.1) is 0 Å². The highest BCUT2D eigenvalue weighted by atomic mass is 16.1. The van der Waals surface area contributed by atoms with E-state index in [9.17, 15) is 4.79 Å². The Morgan fingerprint density at radius 1 is 1.33 bits per heavy atom. The molecule has 0 aromatic heterocycles. The average Bonchev–Trinajstić information content (AvgIpc) is 1.98. The molecule has 0 aromatic rings. The van der Waals surface area contributed by atoms with Crippen molar-refractivity contribution in [2.75, 3.05) is 27.2 Å². The quantitative estimate of drug-likeness (QED) is 0.583. The zero-order valence-electron chi connectivity index (χ0n) is 10.4. The van der Waals surface area contributed by atoms with Crippen molar-refractivity contribution < 1.29 is 14.7 Å². The zero-order chi connectivity index (χ0) is 11.5. The molecule has 0 aromatic carbocycles. The van der Waals surface area contributed by atoms with Crippen LogP contribution >= 0.6 is 0 Å². The fourth-order valence-electron chi connectivity index (χ4n) is 2.15. The molecule has 0 radical (unpaired) electrons. The van der Waals surface area contributed by atoms with Crippen molar-refractivity contribution in [3.8, 4) is 0 Å². The molecule has 0 aliphatic heterocycles. The first kappa shape index (κ1) is 12.4. The maximum absolute atomic E-state index is 11.5. The van der Waals surface area contributed by atoms with Crippen LogP contribution < -0.4 is 9.89 Å². The van der Waals surface area contributed by atoms with Crippen LogP contribution in [0.15, 0.2) is 0 Å². The number of Topliss-reactive ketones (excluding diaryl/α,β-unsaturated/α-hetero) is 1. The van der Waals surface area contributed by atoms with Gasteiger partial charge in [0.1, 0.15) is 12.3 Å². The van der Waals surface area contributed by atoms with Gasteiger partial charge in [-0.1, -0.05) is 13.8 Å². The molecule has 0 atom stereocenters. The minimum Gasteiger partial charge on any atom is -0.335 e. The molecular weight excluding hydrogens is 188 g/mol. The van der Waals surface area contributed by atoms with Crippen LogP contribution in [0.4, 0.5) is 0 Å². The van der Waals surface area contributed by atoms with Crippen molar-refractivity contribution in [1.82, 2.24) is 0 Å². The van der Waals surface area contributed by atoms with E-state index < -0.39 is 0 Å². The number of hydrogen-bond acceptors (Lipinski definition) is 1. The number of carbonyl (C=O) groups excluding carboxylic acids is 1. The van der Waals surface area contributed by atoms with Crippen molar-refractivity contribution in [3.05, 3.63) is 0 Å². The summed E-state index contributed by atoms with van der Waals surface area (Å²) in [4.78, 5) is 16.4. The topological polar surface area (TPSA) is 35.5 Å². The predicted octanol–water partition coefficient (Wildman–Crippen LogP) is -1.57. The van der Waals surface area contributed by atoms with Gasteiger partial charge in [-0.05, 0) is 5.41 Å². The summed E-state index contributed by atoms with van der Waals surface area (Å²) in [7, 11) is 4.28. The van der Waals surface area contributed by atoms with Crippen LogP contribution in [0, 0.1) is 5.41 Å². The second kappa shape index (κ2) is 4.88. The highest BCUT2D eigenvalue weighted by Crippen LogP contribution is 2.30. The Bertz CT molecular complexity index is 267. The monoisotopic (exact) mass is 212 g/mol. The molecule has 0 saturated heterocycles. The lowest BCUT2D eigenvalue weighted by atomic mass is 9.76. The minimum atomic E-state index is 0.155. The van der Waals surface area contributed by atoms with E-state index in [1.54, 1.807) is 0 Å². The second-order valence-corrected chi connectivity index (χ2v) is 5.72. The van der Waals surface area contributed by atoms with Gasteiger partial charge in [0.25, 0.3) is 0 Å². The van der Waals surface area contributed by atoms with Crippen LogP contribution in [0.2, 0.25) is 0 Å². The van der Waals surface area contributed by atoms with Gasteiger partial charge >= 0.3 is 0 Å². The number of rotatable bonds is 3. The van der Waals surface area contributed by atoms with E-state index in [0.29, 0.717) is 12.2 Å². The van der Waals surface area contributed by atoms with E-state index in [1.807, 2.05) is 0 Å². The van der Waals surface area contributed by atoms with Crippen molar-refractivity contribution in [2.24, 2.45) is 5.41 Å². The summed E-state index contributed by atoms with van der Waals surface area (Å²) in [5.74, 6) is 0.381. The van der Waals surface area contributed by atoms with Gasteiger partial charge in [0, 0.05) is 12.8 Å². The number of ketones is 1. The van der Waals surface area contributed by atoms with Crippen molar-refractivity contribution in [3.63, 3.8) is 0 Å². The molecule has 86 valence electrons. The Balaban J connectivity index is 2.51. The van der Waals surface area contributed by atoms with Crippen LogP contribution in [-0.4, -0.2) is 38.7 Å². The summed E-state index contributed by atoms with van der Waals surface area (Å²) in [5.41, 5.74) is 1.39. The Kier molecular flexibility index (Phi) is 4.03. The summed E-state index contributed by atoms with van der Waals surface area (Å²) >= 11 is 0. The fraction of sp³-hybridized carbons (Fsp3) is 0.833. The molecule has 0 heterocycles. The van der Waals surface area contributed by atoms with Crippen LogP contribution in [0.1, 0.15) is 33.1 Å². The lowest BCUT2D eigenvalue weighted by molar-refractivity contribution is -0.866. The minimum absolute atomic E-state index is 0.155. The lowest BCUT2D eigenvalue weighted by Gasteiger charge is -2.26. The van der Waals surface area contributed by atoms with E-state index >= 15 is 0 Å². The van der Waals surface area contributed by atoms with Gasteiger partial charge in [-0.2, -0.15) is 0 Å². The molecule has 1 aliphatic rings. The first-order valence-corrected chi connectivity index (χ1v) is 5.78. The number of carbonyl (C=O) groups is 1. The molecule has 1 saturated carbocycles. The van der Waals surface area contributed by atoms with Gasteiger partial charge in [0.05, 0.1) is 20.5 Å². The first-order chi connectivity index (χ1) is 6.89. The molecule has 0 bridgehead atoms. The van der Waals surface area contributed by atoms with Crippen LogP contribution in [0.25, 0.3) is 0 Å². The second-order valence-electron chi connectivity index (χ2n) is 5.72. The third-order valence-electron chi connectivity index (χ3n) is 2.78. The number of hydrogen-bond donors (Lipinski definition) is 2. The Morgan fingerprint density at radius 2 is 2.00 bits per heavy atom. The van der Waals surface area contributed by atoms with E-state index in [1.165, 1.54) is 10.6 Å². The molecule has 0 spiro atoms. The van der Waals surface area contributed by atoms with Crippen molar-refractivity contribution in [1.29, 1.82) is 0 Å². The maximum Gasteiger partial charge on any atom is 0.189 e. The van der Waals surface area contributed by atoms with Crippen LogP contribution in [0.5, 0.6) is 0 Å². The first-order valence-electron chi connectivity index (χ1n) is 5.78. The van der Waals surface area contributed by atoms with Crippen molar-refractivity contribution in [2.45, 2.75) is 33.1 Å². The van der Waals surface area contributed by atoms with E-state index in [4.69, 9.17) is 0 Å². The summed E-state index contributed by atoms with van der Waals surface area (Å²) < 4.78 is 0. The third kappa shape index (κ3) is 4.56. The average molecular weight is 212 g/mol. The highest BCUT2D eigenvalue weighted by Gasteiger charge is 2.32. The van der Waals surface area contributed by atoms with Gasteiger partial charge < -0.3 is 4.90 Å². The van der Waals surface area contributed by atoms with E-state index in [2.05, 4.69) is 32.9 Å². The standard InChI is InChI=1S/C12H22N2O/c1-12(2)8-10(7-11(15)9-12)13-5-6-14(3)4/h5-9H2,1-4H3/p+2. The van der Waals surface area contributed by atoms with E-state index in [-0.39, 0.29) is 5.41 Å². The third-order valence-corrected chi connectivity index (χ3v) is 2.78. The molecule has 2 N–H and O–H groups in total. The molecule has 0 amide bonds. The number of quaternary nitrogens is 1. The molecule has 1 rings (SSSR count). The lowest BCUT2D eigenvalue weighted by Crippen LogP contribution is -3.08. The molecule has 1 aliphatic carbocycles. The molecule has 3 heteroatoms. The Morgan fingerprint density at radius 3 is 2.53 bits per heavy atom. The molecule has 0 unspecified atom stereocenters. The van der Waals surface area contributed by atoms with Gasteiger partial charge in [-0.3, -0.25) is 4.79 Å². The fourth-order valence-corrected chi connectivity index (χ4v) is 2.15. The zero-order valence-corrected chi connectivity index (χ0v) is 10.4. The SMILES string of the molecule is C[NH+](C)CC[NH+]=C1CC(=O)CC(C)(C)C1. The number of likely N-dealkylation sites (N-methyl/N-ethyl adjacent to an activating group) is 1. The van der Waals surface area contributed by atoms with Gasteiger partial charge in [0.2, 0.25) is 0 Å². The maximum atomic E-state index is 11.5. The summed E-state index contributed by atoms with van der Waals surface area (Å²) in [6, 6.07) is 0. The van der Waals surface area contributed by atoms with Crippen molar-refractivity contribution >= 4 is 11.5 Å². The highest BCUT2D eigenvalue weighted by molar-refractivity contribution is 6.02. The van der Waals surface area contributed by atoms with E-state index in [0.717, 1.165) is 25.9 Å². The predicted molar refractivity (Wildman–Crippen MR) is 61.2 cm³/mol. The van der Waals surface area contributed by atoms with Crippen LogP contribution in [-0.2, 0) is 4.79 Å². The van der Waals surface area contributed by atoms with Gasteiger partial charge in [0.15, 0.2) is 12.3 Å². The normalized spacial score (nSPS) is 23.8. The molecular formula is C12H24N2O+2. The largest absolute Gasteiger partial charge is 0.335 e. The Hall–Kier alpha value is -0.700. The van der Waals surface area contributed by atoms with Gasteiger partial charge in [-0.25, -0.2) is 4.99 Å². The Labute approximate surface area is 92.6 Å².